The van der Waals surface area contributed by atoms with Crippen LogP contribution in [0, 0.1) is 5.92 Å². The Morgan fingerprint density at radius 2 is 1.47 bits per heavy atom. The van der Waals surface area contributed by atoms with Crippen molar-refractivity contribution in [2.24, 2.45) is 5.92 Å². The Morgan fingerprint density at radius 1 is 0.867 bits per heavy atom. The van der Waals surface area contributed by atoms with E-state index < -0.39 is 5.41 Å². The van der Waals surface area contributed by atoms with E-state index >= 15 is 0 Å². The molecule has 164 valence electrons. The van der Waals surface area contributed by atoms with Crippen LogP contribution in [0.15, 0.2) is 28.7 Å². The molecule has 3 aliphatic rings. The topological polar surface area (TPSA) is 49.9 Å². The van der Waals surface area contributed by atoms with Crippen LogP contribution in [-0.2, 0) is 19.7 Å². The van der Waals surface area contributed by atoms with Gasteiger partial charge in [0.2, 0.25) is 11.8 Å². The quantitative estimate of drug-likeness (QED) is 0.658. The summed E-state index contributed by atoms with van der Waals surface area (Å²) in [5, 5.41) is 0. The van der Waals surface area contributed by atoms with Crippen molar-refractivity contribution in [1.82, 2.24) is 9.80 Å². The number of carbonyl (C=O) groups excluding carboxylic acids is 2. The van der Waals surface area contributed by atoms with Crippen LogP contribution in [0.2, 0.25) is 0 Å². The Hall–Kier alpha value is -1.40. The van der Waals surface area contributed by atoms with Crippen LogP contribution in [0.1, 0.15) is 56.9 Å². The van der Waals surface area contributed by atoms with Gasteiger partial charge < -0.3 is 14.5 Å². The van der Waals surface area contributed by atoms with Crippen LogP contribution >= 0.6 is 15.9 Å². The summed E-state index contributed by atoms with van der Waals surface area (Å²) in [7, 11) is 0. The first-order valence-electron chi connectivity index (χ1n) is 11.5. The number of piperidine rings is 1. The number of benzene rings is 1. The van der Waals surface area contributed by atoms with Crippen molar-refractivity contribution in [2.75, 3.05) is 39.4 Å². The predicted molar refractivity (Wildman–Crippen MR) is 120 cm³/mol. The van der Waals surface area contributed by atoms with Crippen LogP contribution in [0.4, 0.5) is 0 Å². The van der Waals surface area contributed by atoms with Crippen LogP contribution < -0.4 is 0 Å². The highest BCUT2D eigenvalue weighted by atomic mass is 79.9. The summed E-state index contributed by atoms with van der Waals surface area (Å²) < 4.78 is 6.63. The van der Waals surface area contributed by atoms with Gasteiger partial charge in [-0.3, -0.25) is 9.59 Å². The van der Waals surface area contributed by atoms with E-state index in [9.17, 15) is 9.59 Å². The van der Waals surface area contributed by atoms with Crippen molar-refractivity contribution in [3.05, 3.63) is 34.3 Å². The van der Waals surface area contributed by atoms with Crippen LogP contribution in [-0.4, -0.2) is 61.0 Å². The summed E-state index contributed by atoms with van der Waals surface area (Å²) in [6.07, 6.45) is 7.74. The lowest BCUT2D eigenvalue weighted by Gasteiger charge is -2.42. The molecule has 4 rings (SSSR count). The highest BCUT2D eigenvalue weighted by molar-refractivity contribution is 9.10. The number of hydrogen-bond acceptors (Lipinski definition) is 3. The SMILES string of the molecule is O=C(C1CCN(C(=O)C2(c3ccc(Br)cc3)CCOCC2)CC1)N1CCCCCC1. The first-order chi connectivity index (χ1) is 14.6. The molecule has 0 atom stereocenters. The number of amides is 2. The molecule has 3 heterocycles. The normalized spacial score (nSPS) is 23.1. The average molecular weight is 477 g/mol. The number of rotatable bonds is 3. The third-order valence-electron chi connectivity index (χ3n) is 7.20. The van der Waals surface area contributed by atoms with Gasteiger partial charge >= 0.3 is 0 Å². The average Bonchev–Trinajstić information content (AvgIpc) is 3.09. The second-order valence-corrected chi connectivity index (χ2v) is 9.92. The van der Waals surface area contributed by atoms with E-state index in [1.54, 1.807) is 0 Å². The minimum absolute atomic E-state index is 0.0745. The van der Waals surface area contributed by atoms with Crippen molar-refractivity contribution >= 4 is 27.7 Å². The van der Waals surface area contributed by atoms with E-state index in [1.165, 1.54) is 12.8 Å². The maximum absolute atomic E-state index is 13.7. The lowest BCUT2D eigenvalue weighted by Crippen LogP contribution is -2.53. The molecule has 30 heavy (non-hydrogen) atoms. The smallest absolute Gasteiger partial charge is 0.233 e. The zero-order valence-corrected chi connectivity index (χ0v) is 19.4. The van der Waals surface area contributed by atoms with Crippen molar-refractivity contribution in [2.45, 2.75) is 56.8 Å². The molecular weight excluding hydrogens is 444 g/mol. The maximum atomic E-state index is 13.7. The van der Waals surface area contributed by atoms with Gasteiger partial charge in [0.05, 0.1) is 5.41 Å². The van der Waals surface area contributed by atoms with Gasteiger partial charge in [0, 0.05) is 49.8 Å². The number of likely N-dealkylation sites (tertiary alicyclic amines) is 2. The summed E-state index contributed by atoms with van der Waals surface area (Å²) in [6, 6.07) is 8.18. The molecule has 2 amide bonds. The number of ether oxygens (including phenoxy) is 1. The van der Waals surface area contributed by atoms with Gasteiger partial charge in [0.1, 0.15) is 0 Å². The van der Waals surface area contributed by atoms with E-state index in [1.807, 2.05) is 17.0 Å². The van der Waals surface area contributed by atoms with Crippen LogP contribution in [0.25, 0.3) is 0 Å². The second kappa shape index (κ2) is 9.82. The molecule has 0 N–H and O–H groups in total. The Labute approximate surface area is 188 Å². The molecule has 0 saturated carbocycles. The van der Waals surface area contributed by atoms with Gasteiger partial charge in [0.25, 0.3) is 0 Å². The third kappa shape index (κ3) is 4.59. The first kappa shape index (κ1) is 21.8. The summed E-state index contributed by atoms with van der Waals surface area (Å²) in [6.45, 7) is 4.41. The van der Waals surface area contributed by atoms with Crippen LogP contribution in [0.5, 0.6) is 0 Å². The molecule has 0 spiro atoms. The fourth-order valence-corrected chi connectivity index (χ4v) is 5.56. The van der Waals surface area contributed by atoms with E-state index in [2.05, 4.69) is 33.0 Å². The van der Waals surface area contributed by atoms with E-state index in [-0.39, 0.29) is 11.8 Å². The first-order valence-corrected chi connectivity index (χ1v) is 12.3. The van der Waals surface area contributed by atoms with Gasteiger partial charge in [-0.2, -0.15) is 0 Å². The molecule has 1 aromatic carbocycles. The van der Waals surface area contributed by atoms with Gasteiger partial charge in [-0.1, -0.05) is 40.9 Å². The molecule has 3 saturated heterocycles. The monoisotopic (exact) mass is 476 g/mol. The van der Waals surface area contributed by atoms with Gasteiger partial charge in [-0.25, -0.2) is 0 Å². The zero-order chi connectivity index (χ0) is 21.0. The summed E-state index contributed by atoms with van der Waals surface area (Å²) in [4.78, 5) is 30.8. The Kier molecular flexibility index (Phi) is 7.14. The van der Waals surface area contributed by atoms with Crippen molar-refractivity contribution in [3.8, 4) is 0 Å². The van der Waals surface area contributed by atoms with Gasteiger partial charge in [-0.15, -0.1) is 0 Å². The highest BCUT2D eigenvalue weighted by Gasteiger charge is 2.45. The molecule has 3 aliphatic heterocycles. The third-order valence-corrected chi connectivity index (χ3v) is 7.73. The highest BCUT2D eigenvalue weighted by Crippen LogP contribution is 2.38. The molecule has 0 unspecified atom stereocenters. The second-order valence-electron chi connectivity index (χ2n) is 9.01. The summed E-state index contributed by atoms with van der Waals surface area (Å²) in [5.41, 5.74) is 0.586. The molecule has 5 nitrogen and oxygen atoms in total. The standard InChI is InChI=1S/C24H33BrN2O3/c25-21-7-5-20(6-8-21)24(11-17-30-18-12-24)23(29)27-15-9-19(10-16-27)22(28)26-13-3-1-2-4-14-26/h5-8,19H,1-4,9-18H2. The molecule has 0 radical (unpaired) electrons. The number of hydrogen-bond donors (Lipinski definition) is 0. The fraction of sp³-hybridized carbons (Fsp3) is 0.667. The number of nitrogens with zero attached hydrogens (tertiary/aromatic N) is 2. The minimum Gasteiger partial charge on any atom is -0.381 e. The van der Waals surface area contributed by atoms with E-state index in [4.69, 9.17) is 4.74 Å². The Balaban J connectivity index is 1.43. The summed E-state index contributed by atoms with van der Waals surface area (Å²) >= 11 is 3.50. The Bertz CT molecular complexity index is 729. The van der Waals surface area contributed by atoms with Crippen molar-refractivity contribution in [1.29, 1.82) is 0 Å². The maximum Gasteiger partial charge on any atom is 0.233 e. The van der Waals surface area contributed by atoms with E-state index in [0.717, 1.165) is 61.7 Å². The van der Waals surface area contributed by atoms with Crippen molar-refractivity contribution in [3.63, 3.8) is 0 Å². The number of halogens is 1. The predicted octanol–water partition coefficient (Wildman–Crippen LogP) is 4.14. The lowest BCUT2D eigenvalue weighted by molar-refractivity contribution is -0.146. The largest absolute Gasteiger partial charge is 0.381 e. The molecular formula is C24H33BrN2O3. The summed E-state index contributed by atoms with van der Waals surface area (Å²) in [5.74, 6) is 0.608. The molecule has 1 aromatic rings. The molecule has 0 aromatic heterocycles. The number of carbonyl (C=O) groups is 2. The zero-order valence-electron chi connectivity index (χ0n) is 17.8. The van der Waals surface area contributed by atoms with E-state index in [0.29, 0.717) is 32.2 Å². The van der Waals surface area contributed by atoms with Crippen LogP contribution in [0.3, 0.4) is 0 Å². The molecule has 6 heteroatoms. The van der Waals surface area contributed by atoms with Gasteiger partial charge in [-0.05, 0) is 56.2 Å². The lowest BCUT2D eigenvalue weighted by atomic mass is 9.72. The van der Waals surface area contributed by atoms with Gasteiger partial charge in [0.15, 0.2) is 0 Å². The Morgan fingerprint density at radius 3 is 2.07 bits per heavy atom. The molecule has 0 aliphatic carbocycles. The molecule has 3 fully saturated rings. The minimum atomic E-state index is -0.499. The van der Waals surface area contributed by atoms with Crippen molar-refractivity contribution < 1.29 is 14.3 Å². The molecule has 0 bridgehead atoms. The fourth-order valence-electron chi connectivity index (χ4n) is 5.30.